The van der Waals surface area contributed by atoms with E-state index < -0.39 is 23.9 Å². The number of nitrogens with two attached hydrogens (primary N) is 1. The first-order valence-electron chi connectivity index (χ1n) is 11.9. The number of fused-ring (bicyclic) bond motifs is 3. The van der Waals surface area contributed by atoms with E-state index >= 15 is 0 Å². The van der Waals surface area contributed by atoms with E-state index in [1.165, 1.54) is 4.90 Å². The predicted octanol–water partition coefficient (Wildman–Crippen LogP) is 4.84. The Morgan fingerprint density at radius 3 is 2.37 bits per heavy atom. The Bertz CT molecular complexity index is 1560. The first-order chi connectivity index (χ1) is 17.8. The second-order valence-electron chi connectivity index (χ2n) is 9.54. The molecule has 0 spiro atoms. The van der Waals surface area contributed by atoms with Crippen LogP contribution in [0.5, 0.6) is 5.75 Å². The van der Waals surface area contributed by atoms with E-state index in [9.17, 15) is 22.8 Å². The summed E-state index contributed by atoms with van der Waals surface area (Å²) in [4.78, 5) is 30.8. The van der Waals surface area contributed by atoms with Gasteiger partial charge in [0.2, 0.25) is 0 Å². The molecular formula is C26H25F3N4O5. The number of carbonyl (C=O) groups is 2. The molecule has 38 heavy (non-hydrogen) atoms. The summed E-state index contributed by atoms with van der Waals surface area (Å²) in [6, 6.07) is 5.51. The maximum atomic E-state index is 13.8. The number of aryl methyl sites for hydroxylation is 2. The van der Waals surface area contributed by atoms with E-state index in [1.807, 2.05) is 13.8 Å². The molecule has 0 radical (unpaired) electrons. The first kappa shape index (κ1) is 25.6. The topological polar surface area (TPSA) is 124 Å². The molecule has 0 bridgehead atoms. The van der Waals surface area contributed by atoms with Crippen molar-refractivity contribution < 1.29 is 36.8 Å². The van der Waals surface area contributed by atoms with Crippen LogP contribution in [0.25, 0.3) is 32.9 Å². The number of aromatic amines is 1. The van der Waals surface area contributed by atoms with Crippen molar-refractivity contribution in [1.29, 1.82) is 0 Å². The van der Waals surface area contributed by atoms with Gasteiger partial charge in [-0.2, -0.15) is 0 Å². The van der Waals surface area contributed by atoms with Crippen LogP contribution in [-0.2, 0) is 4.74 Å². The molecule has 2 aromatic heterocycles. The van der Waals surface area contributed by atoms with Crippen LogP contribution in [0.15, 0.2) is 28.8 Å². The standard InChI is InChI=1S/C26H25F3N4O5/c1-11-9-33(10-12(2)36-11)25(35)18-7-16(37-26(27,28)29)8-20-22(18)17-5-15(21-13(3)32-38-14(21)4)6-19(24(30)34)23(17)31-20/h5-8,11-12,31H,9-10H2,1-4H3,(H2,30,34)/t11-,12+. The molecule has 2 atom stereocenters. The van der Waals surface area contributed by atoms with Crippen molar-refractivity contribution in [2.75, 3.05) is 13.1 Å². The number of carbonyl (C=O) groups excluding carboxylic acids is 2. The third kappa shape index (κ3) is 4.55. The van der Waals surface area contributed by atoms with Crippen molar-refractivity contribution in [3.8, 4) is 16.9 Å². The van der Waals surface area contributed by atoms with Crippen molar-refractivity contribution in [2.45, 2.75) is 46.3 Å². The van der Waals surface area contributed by atoms with Crippen molar-refractivity contribution >= 4 is 33.6 Å². The Hall–Kier alpha value is -4.06. The van der Waals surface area contributed by atoms with Crippen LogP contribution in [-0.4, -0.2) is 58.5 Å². The summed E-state index contributed by atoms with van der Waals surface area (Å²) in [6.07, 6.45) is -5.50. The molecule has 3 heterocycles. The Labute approximate surface area is 214 Å². The molecule has 9 nitrogen and oxygen atoms in total. The summed E-state index contributed by atoms with van der Waals surface area (Å²) >= 11 is 0. The third-order valence-corrected chi connectivity index (χ3v) is 6.54. The van der Waals surface area contributed by atoms with Crippen LogP contribution in [0.3, 0.4) is 0 Å². The lowest BCUT2D eigenvalue weighted by atomic mass is 9.96. The lowest BCUT2D eigenvalue weighted by Gasteiger charge is -2.35. The van der Waals surface area contributed by atoms with Gasteiger partial charge in [-0.25, -0.2) is 0 Å². The van der Waals surface area contributed by atoms with Crippen LogP contribution in [0.2, 0.25) is 0 Å². The van der Waals surface area contributed by atoms with Gasteiger partial charge in [-0.1, -0.05) is 5.16 Å². The van der Waals surface area contributed by atoms with Gasteiger partial charge in [0.05, 0.1) is 40.1 Å². The monoisotopic (exact) mass is 530 g/mol. The fraction of sp³-hybridized carbons (Fsp3) is 0.346. The Morgan fingerprint density at radius 2 is 1.79 bits per heavy atom. The highest BCUT2D eigenvalue weighted by Gasteiger charge is 2.34. The molecule has 2 aromatic carbocycles. The van der Waals surface area contributed by atoms with E-state index in [0.717, 1.165) is 12.1 Å². The number of alkyl halides is 3. The number of benzene rings is 2. The molecular weight excluding hydrogens is 505 g/mol. The molecule has 0 saturated carbocycles. The van der Waals surface area contributed by atoms with Gasteiger partial charge in [0.1, 0.15) is 11.5 Å². The fourth-order valence-electron chi connectivity index (χ4n) is 5.22. The Balaban J connectivity index is 1.81. The maximum absolute atomic E-state index is 13.8. The highest BCUT2D eigenvalue weighted by Crippen LogP contribution is 2.39. The summed E-state index contributed by atoms with van der Waals surface area (Å²) in [7, 11) is 0. The zero-order chi connectivity index (χ0) is 27.5. The minimum atomic E-state index is -4.98. The van der Waals surface area contributed by atoms with E-state index in [1.54, 1.807) is 26.0 Å². The minimum Gasteiger partial charge on any atom is -0.406 e. The second-order valence-corrected chi connectivity index (χ2v) is 9.54. The van der Waals surface area contributed by atoms with E-state index in [4.69, 9.17) is 15.0 Å². The van der Waals surface area contributed by atoms with Gasteiger partial charge in [-0.15, -0.1) is 13.2 Å². The van der Waals surface area contributed by atoms with Gasteiger partial charge in [0.25, 0.3) is 11.8 Å². The lowest BCUT2D eigenvalue weighted by molar-refractivity contribution is -0.274. The highest BCUT2D eigenvalue weighted by molar-refractivity contribution is 6.22. The normalized spacial score (nSPS) is 18.3. The molecule has 1 aliphatic heterocycles. The number of halogens is 3. The molecule has 0 unspecified atom stereocenters. The number of amides is 2. The zero-order valence-corrected chi connectivity index (χ0v) is 21.0. The lowest BCUT2D eigenvalue weighted by Crippen LogP contribution is -2.48. The summed E-state index contributed by atoms with van der Waals surface area (Å²) < 4.78 is 54.7. The quantitative estimate of drug-likeness (QED) is 0.389. The van der Waals surface area contributed by atoms with E-state index in [2.05, 4.69) is 14.9 Å². The van der Waals surface area contributed by atoms with Gasteiger partial charge in [0, 0.05) is 35.5 Å². The van der Waals surface area contributed by atoms with Crippen LogP contribution in [0, 0.1) is 13.8 Å². The molecule has 1 aliphatic rings. The molecule has 4 aromatic rings. The van der Waals surface area contributed by atoms with Crippen LogP contribution < -0.4 is 10.5 Å². The smallest absolute Gasteiger partial charge is 0.406 e. The molecule has 0 aliphatic carbocycles. The predicted molar refractivity (Wildman–Crippen MR) is 132 cm³/mol. The molecule has 12 heteroatoms. The minimum absolute atomic E-state index is 0.0133. The van der Waals surface area contributed by atoms with E-state index in [-0.39, 0.29) is 47.5 Å². The van der Waals surface area contributed by atoms with Gasteiger partial charge in [-0.3, -0.25) is 9.59 Å². The summed E-state index contributed by atoms with van der Waals surface area (Å²) in [5.74, 6) is -1.31. The third-order valence-electron chi connectivity index (χ3n) is 6.54. The molecule has 3 N–H and O–H groups in total. The van der Waals surface area contributed by atoms with Crippen LogP contribution in [0.4, 0.5) is 13.2 Å². The zero-order valence-electron chi connectivity index (χ0n) is 21.0. The Kier molecular flexibility index (Phi) is 6.09. The number of hydrogen-bond acceptors (Lipinski definition) is 6. The van der Waals surface area contributed by atoms with Gasteiger partial charge in [-0.05, 0) is 51.5 Å². The summed E-state index contributed by atoms with van der Waals surface area (Å²) in [6.45, 7) is 7.61. The van der Waals surface area contributed by atoms with Gasteiger partial charge >= 0.3 is 6.36 Å². The number of ether oxygens (including phenoxy) is 2. The highest BCUT2D eigenvalue weighted by atomic mass is 19.4. The molecule has 5 rings (SSSR count). The fourth-order valence-corrected chi connectivity index (χ4v) is 5.22. The number of morpholine rings is 1. The number of nitrogens with one attached hydrogen (secondary N) is 1. The van der Waals surface area contributed by atoms with Crippen molar-refractivity contribution in [2.24, 2.45) is 5.73 Å². The summed E-state index contributed by atoms with van der Waals surface area (Å²) in [5, 5.41) is 4.74. The molecule has 1 saturated heterocycles. The number of rotatable bonds is 4. The first-order valence-corrected chi connectivity index (χ1v) is 11.9. The molecule has 1 fully saturated rings. The molecule has 2 amide bonds. The van der Waals surface area contributed by atoms with Crippen molar-refractivity contribution in [1.82, 2.24) is 15.0 Å². The number of aromatic nitrogens is 2. The van der Waals surface area contributed by atoms with E-state index in [0.29, 0.717) is 33.4 Å². The van der Waals surface area contributed by atoms with Crippen molar-refractivity contribution in [3.05, 3.63) is 46.8 Å². The van der Waals surface area contributed by atoms with Crippen LogP contribution in [0.1, 0.15) is 46.0 Å². The maximum Gasteiger partial charge on any atom is 0.573 e. The van der Waals surface area contributed by atoms with Gasteiger partial charge < -0.3 is 29.6 Å². The average Bonchev–Trinajstić information content (AvgIpc) is 3.34. The number of nitrogens with zero attached hydrogens (tertiary/aromatic N) is 2. The second kappa shape index (κ2) is 9.05. The van der Waals surface area contributed by atoms with Gasteiger partial charge in [0.15, 0.2) is 0 Å². The van der Waals surface area contributed by atoms with Crippen molar-refractivity contribution in [3.63, 3.8) is 0 Å². The summed E-state index contributed by atoms with van der Waals surface area (Å²) in [5.41, 5.74) is 8.02. The SMILES string of the molecule is Cc1noc(C)c1-c1cc(C(N)=O)c2[nH]c3cc(OC(F)(F)F)cc(C(=O)N4C[C@@H](C)O[C@@H](C)C4)c3c2c1. The van der Waals surface area contributed by atoms with Crippen LogP contribution >= 0.6 is 0 Å². The Morgan fingerprint density at radius 1 is 1.11 bits per heavy atom. The largest absolute Gasteiger partial charge is 0.573 e. The number of H-pyrrole nitrogens is 1. The number of hydrogen-bond donors (Lipinski definition) is 2. The average molecular weight is 531 g/mol. The number of primary amides is 1. The molecule has 200 valence electrons.